The van der Waals surface area contributed by atoms with Gasteiger partial charge in [-0.2, -0.15) is 0 Å². The molecule has 0 radical (unpaired) electrons. The van der Waals surface area contributed by atoms with Gasteiger partial charge >= 0.3 is 5.97 Å². The summed E-state index contributed by atoms with van der Waals surface area (Å²) in [6.45, 7) is 1.66. The van der Waals surface area contributed by atoms with E-state index >= 15 is 0 Å². The van der Waals surface area contributed by atoms with Crippen LogP contribution in [0.5, 0.6) is 0 Å². The van der Waals surface area contributed by atoms with Gasteiger partial charge in [-0.25, -0.2) is 0 Å². The van der Waals surface area contributed by atoms with Crippen molar-refractivity contribution >= 4 is 33.5 Å². The van der Waals surface area contributed by atoms with E-state index in [1.807, 2.05) is 31.2 Å². The summed E-state index contributed by atoms with van der Waals surface area (Å²) in [5.74, 6) is -0.390. The summed E-state index contributed by atoms with van der Waals surface area (Å²) in [7, 11) is 0. The van der Waals surface area contributed by atoms with Crippen LogP contribution in [0.3, 0.4) is 0 Å². The van der Waals surface area contributed by atoms with Crippen molar-refractivity contribution in [2.24, 2.45) is 5.92 Å². The van der Waals surface area contributed by atoms with Gasteiger partial charge in [0, 0.05) is 10.2 Å². The zero-order valence-corrected chi connectivity index (χ0v) is 13.5. The quantitative estimate of drug-likeness (QED) is 0.651. The highest BCUT2D eigenvalue weighted by molar-refractivity contribution is 9.10. The van der Waals surface area contributed by atoms with Crippen LogP contribution < -0.4 is 5.32 Å². The number of nitrogens with one attached hydrogen (secondary N) is 1. The fraction of sp³-hybridized carbons (Fsp3) is 0.375. The molecule has 1 aliphatic rings. The number of aryl methyl sites for hydroxylation is 1. The Morgan fingerprint density at radius 1 is 1.43 bits per heavy atom. The Labute approximate surface area is 132 Å². The first kappa shape index (κ1) is 15.8. The Balaban J connectivity index is 1.76. The highest BCUT2D eigenvalue weighted by Gasteiger charge is 2.16. The predicted octanol–water partition coefficient (Wildman–Crippen LogP) is 3.60. The minimum Gasteiger partial charge on any atom is -0.456 e. The van der Waals surface area contributed by atoms with Crippen molar-refractivity contribution < 1.29 is 14.3 Å². The molecule has 1 aromatic rings. The van der Waals surface area contributed by atoms with Crippen molar-refractivity contribution in [3.8, 4) is 0 Å². The van der Waals surface area contributed by atoms with Gasteiger partial charge in [-0.05, 0) is 49.4 Å². The lowest BCUT2D eigenvalue weighted by Crippen LogP contribution is -2.22. The van der Waals surface area contributed by atoms with Crippen LogP contribution in [0.2, 0.25) is 0 Å². The highest BCUT2D eigenvalue weighted by atomic mass is 79.9. The van der Waals surface area contributed by atoms with Crippen LogP contribution in [0.4, 0.5) is 5.69 Å². The summed E-state index contributed by atoms with van der Waals surface area (Å²) in [4.78, 5) is 23.4. The second kappa shape index (κ2) is 7.41. The van der Waals surface area contributed by atoms with E-state index in [0.717, 1.165) is 28.6 Å². The monoisotopic (exact) mass is 351 g/mol. The van der Waals surface area contributed by atoms with Crippen LogP contribution in [0.25, 0.3) is 0 Å². The van der Waals surface area contributed by atoms with Crippen LogP contribution in [0.15, 0.2) is 34.8 Å². The Hall–Kier alpha value is -1.62. The van der Waals surface area contributed by atoms with Crippen molar-refractivity contribution in [3.63, 3.8) is 0 Å². The van der Waals surface area contributed by atoms with Crippen molar-refractivity contribution in [2.45, 2.75) is 26.2 Å². The van der Waals surface area contributed by atoms with Gasteiger partial charge in [-0.1, -0.05) is 28.1 Å². The average molecular weight is 352 g/mol. The number of allylic oxidation sites excluding steroid dienone is 2. The molecule has 5 heteroatoms. The van der Waals surface area contributed by atoms with Gasteiger partial charge in [0.15, 0.2) is 6.61 Å². The molecule has 0 saturated heterocycles. The van der Waals surface area contributed by atoms with Crippen molar-refractivity contribution in [2.75, 3.05) is 11.9 Å². The molecule has 1 atom stereocenters. The molecule has 1 amide bonds. The molecule has 0 spiro atoms. The van der Waals surface area contributed by atoms with E-state index in [9.17, 15) is 9.59 Å². The Bertz CT molecular complexity index is 569. The predicted molar refractivity (Wildman–Crippen MR) is 84.9 cm³/mol. The number of carbonyl (C=O) groups excluding carboxylic acids is 2. The lowest BCUT2D eigenvalue weighted by atomic mass is 10.1. The highest BCUT2D eigenvalue weighted by Crippen LogP contribution is 2.21. The molecule has 0 saturated carbocycles. The number of esters is 1. The number of halogens is 1. The maximum Gasteiger partial charge on any atom is 0.306 e. The second-order valence-electron chi connectivity index (χ2n) is 5.14. The molecule has 0 aliphatic heterocycles. The van der Waals surface area contributed by atoms with Gasteiger partial charge in [0.25, 0.3) is 5.91 Å². The standard InChI is InChI=1S/C16H18BrNO3/c1-11-8-13(17)6-7-14(11)18-15(19)10-21-16(20)9-12-4-2-3-5-12/h2,4,6-8,12H,3,5,9-10H2,1H3,(H,18,19)/t12-/m0/s1. The van der Waals surface area contributed by atoms with Gasteiger partial charge in [-0.3, -0.25) is 9.59 Å². The molecule has 0 fully saturated rings. The molecule has 0 heterocycles. The van der Waals surface area contributed by atoms with E-state index in [1.165, 1.54) is 0 Å². The lowest BCUT2D eigenvalue weighted by molar-refractivity contribution is -0.147. The summed E-state index contributed by atoms with van der Waals surface area (Å²) < 4.78 is 5.96. The van der Waals surface area contributed by atoms with Crippen molar-refractivity contribution in [1.82, 2.24) is 0 Å². The molecule has 21 heavy (non-hydrogen) atoms. The molecule has 0 unspecified atom stereocenters. The van der Waals surface area contributed by atoms with Crippen LogP contribution in [-0.2, 0) is 14.3 Å². The number of hydrogen-bond donors (Lipinski definition) is 1. The maximum atomic E-state index is 11.8. The molecule has 1 aliphatic carbocycles. The van der Waals surface area contributed by atoms with Gasteiger partial charge in [0.2, 0.25) is 0 Å². The fourth-order valence-corrected chi connectivity index (χ4v) is 2.71. The van der Waals surface area contributed by atoms with Crippen molar-refractivity contribution in [1.29, 1.82) is 0 Å². The first-order chi connectivity index (χ1) is 10.0. The normalized spacial score (nSPS) is 16.8. The largest absolute Gasteiger partial charge is 0.456 e. The SMILES string of the molecule is Cc1cc(Br)ccc1NC(=O)COC(=O)C[C@H]1C=CCC1. The van der Waals surface area contributed by atoms with Crippen LogP contribution in [-0.4, -0.2) is 18.5 Å². The molecule has 1 aromatic carbocycles. The molecular formula is C16H18BrNO3. The average Bonchev–Trinajstić information content (AvgIpc) is 2.92. The van der Waals surface area contributed by atoms with Gasteiger partial charge in [-0.15, -0.1) is 0 Å². The number of ether oxygens (including phenoxy) is 1. The second-order valence-corrected chi connectivity index (χ2v) is 6.05. The van der Waals surface area contributed by atoms with E-state index < -0.39 is 0 Å². The summed E-state index contributed by atoms with van der Waals surface area (Å²) in [5.41, 5.74) is 1.66. The minimum atomic E-state index is -0.325. The van der Waals surface area contributed by atoms with E-state index in [4.69, 9.17) is 4.74 Å². The van der Waals surface area contributed by atoms with E-state index in [2.05, 4.69) is 27.3 Å². The summed E-state index contributed by atoms with van der Waals surface area (Å²) in [6, 6.07) is 5.57. The Morgan fingerprint density at radius 2 is 2.24 bits per heavy atom. The first-order valence-electron chi connectivity index (χ1n) is 6.93. The lowest BCUT2D eigenvalue weighted by Gasteiger charge is -2.10. The van der Waals surface area contributed by atoms with E-state index in [-0.39, 0.29) is 24.4 Å². The number of benzene rings is 1. The molecule has 4 nitrogen and oxygen atoms in total. The molecule has 0 bridgehead atoms. The number of carbonyl (C=O) groups is 2. The topological polar surface area (TPSA) is 55.4 Å². The van der Waals surface area contributed by atoms with Crippen LogP contribution in [0.1, 0.15) is 24.8 Å². The molecule has 0 aromatic heterocycles. The van der Waals surface area contributed by atoms with Gasteiger partial charge in [0.05, 0.1) is 6.42 Å². The number of amides is 1. The zero-order chi connectivity index (χ0) is 15.2. The number of anilines is 1. The fourth-order valence-electron chi connectivity index (χ4n) is 2.24. The first-order valence-corrected chi connectivity index (χ1v) is 7.72. The van der Waals surface area contributed by atoms with Gasteiger partial charge < -0.3 is 10.1 Å². The minimum absolute atomic E-state index is 0.245. The summed E-state index contributed by atoms with van der Waals surface area (Å²) >= 11 is 3.37. The van der Waals surface area contributed by atoms with E-state index in [1.54, 1.807) is 0 Å². The summed E-state index contributed by atoms with van der Waals surface area (Å²) in [6.07, 6.45) is 6.45. The van der Waals surface area contributed by atoms with Crippen LogP contribution >= 0.6 is 15.9 Å². The third kappa shape index (κ3) is 5.01. The smallest absolute Gasteiger partial charge is 0.306 e. The molecule has 1 N–H and O–H groups in total. The van der Waals surface area contributed by atoms with E-state index in [0.29, 0.717) is 6.42 Å². The third-order valence-electron chi connectivity index (χ3n) is 3.37. The Morgan fingerprint density at radius 3 is 2.90 bits per heavy atom. The zero-order valence-electron chi connectivity index (χ0n) is 11.9. The maximum absolute atomic E-state index is 11.8. The van der Waals surface area contributed by atoms with Crippen molar-refractivity contribution in [3.05, 3.63) is 40.4 Å². The summed E-state index contributed by atoms with van der Waals surface area (Å²) in [5, 5.41) is 2.74. The molecule has 112 valence electrons. The van der Waals surface area contributed by atoms with Crippen LogP contribution in [0, 0.1) is 12.8 Å². The third-order valence-corrected chi connectivity index (χ3v) is 3.86. The number of hydrogen-bond acceptors (Lipinski definition) is 3. The Kier molecular flexibility index (Phi) is 5.56. The molecule has 2 rings (SSSR count). The number of rotatable bonds is 5. The van der Waals surface area contributed by atoms with Gasteiger partial charge in [0.1, 0.15) is 0 Å². The molecular weight excluding hydrogens is 334 g/mol.